The average molecular weight is 274 g/mol. The van der Waals surface area contributed by atoms with Gasteiger partial charge in [0, 0.05) is 18.0 Å². The molecule has 0 radical (unpaired) electrons. The number of aromatic nitrogens is 1. The van der Waals surface area contributed by atoms with Crippen molar-refractivity contribution in [2.75, 3.05) is 14.2 Å². The van der Waals surface area contributed by atoms with Gasteiger partial charge in [0.25, 0.3) is 0 Å². The van der Waals surface area contributed by atoms with Gasteiger partial charge in [-0.25, -0.2) is 4.98 Å². The van der Waals surface area contributed by atoms with Crippen molar-refractivity contribution in [1.29, 1.82) is 0 Å². The van der Waals surface area contributed by atoms with Gasteiger partial charge < -0.3 is 14.5 Å². The van der Waals surface area contributed by atoms with Crippen molar-refractivity contribution < 1.29 is 9.15 Å². The number of nitrogens with one attached hydrogen (secondary N) is 1. The Balaban J connectivity index is 1.86. The summed E-state index contributed by atoms with van der Waals surface area (Å²) in [6.07, 6.45) is 7.18. The van der Waals surface area contributed by atoms with Crippen LogP contribution in [-0.2, 0) is 6.42 Å². The number of oxazole rings is 1. The van der Waals surface area contributed by atoms with Gasteiger partial charge >= 0.3 is 0 Å². The third kappa shape index (κ3) is 2.52. The summed E-state index contributed by atoms with van der Waals surface area (Å²) in [5.41, 5.74) is 1.87. The quantitative estimate of drug-likeness (QED) is 0.929. The van der Waals surface area contributed by atoms with E-state index in [4.69, 9.17) is 9.15 Å². The lowest BCUT2D eigenvalue weighted by atomic mass is 9.79. The first-order valence-electron chi connectivity index (χ1n) is 7.37. The molecule has 1 aliphatic rings. The highest BCUT2D eigenvalue weighted by atomic mass is 16.5. The molecule has 1 aliphatic carbocycles. The zero-order valence-corrected chi connectivity index (χ0v) is 12.2. The van der Waals surface area contributed by atoms with Crippen molar-refractivity contribution in [2.45, 2.75) is 44.1 Å². The Morgan fingerprint density at radius 2 is 2.10 bits per heavy atom. The minimum atomic E-state index is 0.156. The monoisotopic (exact) mass is 274 g/mol. The fraction of sp³-hybridized carbons (Fsp3) is 0.562. The molecule has 1 fully saturated rings. The third-order valence-corrected chi connectivity index (χ3v) is 4.47. The van der Waals surface area contributed by atoms with Crippen LogP contribution in [0.25, 0.3) is 11.1 Å². The maximum Gasteiger partial charge on any atom is 0.197 e. The maximum atomic E-state index is 5.89. The molecule has 0 amide bonds. The molecule has 4 nitrogen and oxygen atoms in total. The van der Waals surface area contributed by atoms with Gasteiger partial charge in [-0.2, -0.15) is 0 Å². The van der Waals surface area contributed by atoms with Crippen molar-refractivity contribution in [3.05, 3.63) is 24.1 Å². The van der Waals surface area contributed by atoms with E-state index in [0.717, 1.165) is 29.2 Å². The van der Waals surface area contributed by atoms with Crippen molar-refractivity contribution >= 4 is 11.1 Å². The van der Waals surface area contributed by atoms with Crippen molar-refractivity contribution in [1.82, 2.24) is 10.3 Å². The highest BCUT2D eigenvalue weighted by molar-refractivity contribution is 5.74. The molecule has 1 saturated carbocycles. The fourth-order valence-electron chi connectivity index (χ4n) is 3.19. The molecule has 1 heterocycles. The molecule has 0 aliphatic heterocycles. The molecule has 0 unspecified atom stereocenters. The Kier molecular flexibility index (Phi) is 3.66. The summed E-state index contributed by atoms with van der Waals surface area (Å²) in [6.45, 7) is 0. The first-order chi connectivity index (χ1) is 9.74. The van der Waals surface area contributed by atoms with E-state index < -0.39 is 0 Å². The minimum Gasteiger partial charge on any atom is -0.497 e. The van der Waals surface area contributed by atoms with Crippen LogP contribution in [0.4, 0.5) is 0 Å². The number of hydrogen-bond donors (Lipinski definition) is 1. The summed E-state index contributed by atoms with van der Waals surface area (Å²) in [6, 6.07) is 5.76. The van der Waals surface area contributed by atoms with Crippen LogP contribution in [0.15, 0.2) is 22.6 Å². The van der Waals surface area contributed by atoms with Crippen LogP contribution in [0.2, 0.25) is 0 Å². The zero-order chi connectivity index (χ0) is 14.0. The smallest absolute Gasteiger partial charge is 0.197 e. The van der Waals surface area contributed by atoms with E-state index >= 15 is 0 Å². The van der Waals surface area contributed by atoms with Crippen molar-refractivity contribution in [3.63, 3.8) is 0 Å². The number of nitrogens with zero attached hydrogens (tertiary/aromatic N) is 1. The van der Waals surface area contributed by atoms with Crippen LogP contribution < -0.4 is 10.1 Å². The van der Waals surface area contributed by atoms with Gasteiger partial charge in [-0.1, -0.05) is 19.3 Å². The van der Waals surface area contributed by atoms with E-state index in [1.54, 1.807) is 7.11 Å². The molecule has 0 bridgehead atoms. The van der Waals surface area contributed by atoms with E-state index in [1.165, 1.54) is 32.1 Å². The Morgan fingerprint density at radius 3 is 2.80 bits per heavy atom. The average Bonchev–Trinajstić information content (AvgIpc) is 2.89. The molecule has 0 saturated heterocycles. The predicted molar refractivity (Wildman–Crippen MR) is 79.1 cm³/mol. The van der Waals surface area contributed by atoms with E-state index in [0.29, 0.717) is 0 Å². The lowest BCUT2D eigenvalue weighted by Crippen LogP contribution is -2.46. The molecule has 1 N–H and O–H groups in total. The molecule has 108 valence electrons. The Labute approximate surface area is 119 Å². The molecular weight excluding hydrogens is 252 g/mol. The number of ether oxygens (including phenoxy) is 1. The molecule has 4 heteroatoms. The number of likely N-dealkylation sites (N-methyl/N-ethyl adjacent to an activating group) is 1. The number of rotatable bonds is 4. The van der Waals surface area contributed by atoms with Crippen LogP contribution in [0.3, 0.4) is 0 Å². The van der Waals surface area contributed by atoms with Gasteiger partial charge in [0.15, 0.2) is 11.5 Å². The molecule has 0 spiro atoms. The number of fused-ring (bicyclic) bond motifs is 1. The standard InChI is InChI=1S/C16H22N2O2/c1-17-16(8-4-3-5-9-16)11-15-18-13-10-12(19-2)6-7-14(13)20-15/h6-7,10,17H,3-5,8-9,11H2,1-2H3. The largest absolute Gasteiger partial charge is 0.497 e. The molecular formula is C16H22N2O2. The summed E-state index contributed by atoms with van der Waals surface area (Å²) in [7, 11) is 3.72. The lowest BCUT2D eigenvalue weighted by molar-refractivity contribution is 0.230. The Hall–Kier alpha value is -1.55. The van der Waals surface area contributed by atoms with Gasteiger partial charge in [0.05, 0.1) is 7.11 Å². The van der Waals surface area contributed by atoms with Crippen LogP contribution >= 0.6 is 0 Å². The van der Waals surface area contributed by atoms with E-state index in [9.17, 15) is 0 Å². The molecule has 2 aromatic rings. The second kappa shape index (κ2) is 5.44. The highest BCUT2D eigenvalue weighted by Gasteiger charge is 2.32. The topological polar surface area (TPSA) is 47.3 Å². The van der Waals surface area contributed by atoms with Gasteiger partial charge in [-0.05, 0) is 32.0 Å². The van der Waals surface area contributed by atoms with Gasteiger partial charge in [-0.3, -0.25) is 0 Å². The highest BCUT2D eigenvalue weighted by Crippen LogP contribution is 2.32. The van der Waals surface area contributed by atoms with Gasteiger partial charge in [0.2, 0.25) is 0 Å². The zero-order valence-electron chi connectivity index (χ0n) is 12.2. The van der Waals surface area contributed by atoms with Crippen LogP contribution in [0.1, 0.15) is 38.0 Å². The number of benzene rings is 1. The van der Waals surface area contributed by atoms with E-state index in [-0.39, 0.29) is 5.54 Å². The summed E-state index contributed by atoms with van der Waals surface area (Å²) >= 11 is 0. The fourth-order valence-corrected chi connectivity index (χ4v) is 3.19. The summed E-state index contributed by atoms with van der Waals surface area (Å²) in [5.74, 6) is 1.64. The number of hydrogen-bond acceptors (Lipinski definition) is 4. The first-order valence-corrected chi connectivity index (χ1v) is 7.37. The lowest BCUT2D eigenvalue weighted by Gasteiger charge is -2.36. The first kappa shape index (κ1) is 13.4. The summed E-state index contributed by atoms with van der Waals surface area (Å²) in [5, 5.41) is 3.51. The van der Waals surface area contributed by atoms with Gasteiger partial charge in [0.1, 0.15) is 11.3 Å². The molecule has 1 aromatic carbocycles. The molecule has 20 heavy (non-hydrogen) atoms. The SMILES string of the molecule is CNC1(Cc2nc3cc(OC)ccc3o2)CCCCC1. The van der Waals surface area contributed by atoms with Crippen LogP contribution in [0.5, 0.6) is 5.75 Å². The Morgan fingerprint density at radius 1 is 1.30 bits per heavy atom. The second-order valence-electron chi connectivity index (χ2n) is 5.71. The maximum absolute atomic E-state index is 5.89. The summed E-state index contributed by atoms with van der Waals surface area (Å²) in [4.78, 5) is 4.62. The van der Waals surface area contributed by atoms with Gasteiger partial charge in [-0.15, -0.1) is 0 Å². The van der Waals surface area contributed by atoms with Crippen LogP contribution in [0, 0.1) is 0 Å². The van der Waals surface area contributed by atoms with Crippen molar-refractivity contribution in [3.8, 4) is 5.75 Å². The molecule has 0 atom stereocenters. The Bertz CT molecular complexity index is 585. The van der Waals surface area contributed by atoms with Crippen molar-refractivity contribution in [2.24, 2.45) is 0 Å². The number of methoxy groups -OCH3 is 1. The minimum absolute atomic E-state index is 0.156. The molecule has 1 aromatic heterocycles. The molecule has 3 rings (SSSR count). The third-order valence-electron chi connectivity index (χ3n) is 4.47. The van der Waals surface area contributed by atoms with E-state index in [1.807, 2.05) is 18.2 Å². The predicted octanol–water partition coefficient (Wildman–Crippen LogP) is 3.30. The normalized spacial score (nSPS) is 18.3. The van der Waals surface area contributed by atoms with Crippen LogP contribution in [-0.4, -0.2) is 24.7 Å². The van der Waals surface area contributed by atoms with E-state index in [2.05, 4.69) is 17.3 Å². The second-order valence-corrected chi connectivity index (χ2v) is 5.71. The summed E-state index contributed by atoms with van der Waals surface area (Å²) < 4.78 is 11.1.